The second kappa shape index (κ2) is 9.99. The Morgan fingerprint density at radius 2 is 1.90 bits per heavy atom. The molecule has 0 aliphatic rings. The number of nitrogens with one attached hydrogen (secondary N) is 2. The molecular weight excluding hydrogens is 401 g/mol. The lowest BCUT2D eigenvalue weighted by molar-refractivity contribution is 0.601. The van der Waals surface area contributed by atoms with Crippen LogP contribution in [0.2, 0.25) is 0 Å². The molecule has 0 spiro atoms. The van der Waals surface area contributed by atoms with E-state index in [1.54, 1.807) is 0 Å². The summed E-state index contributed by atoms with van der Waals surface area (Å²) in [6.07, 6.45) is 1.22. The molecule has 7 heteroatoms. The fourth-order valence-corrected chi connectivity index (χ4v) is 2.10. The molecule has 1 unspecified atom stereocenters. The predicted octanol–water partition coefficient (Wildman–Crippen LogP) is 1.97. The molecule has 1 atom stereocenters. The van der Waals surface area contributed by atoms with Crippen molar-refractivity contribution in [2.24, 2.45) is 4.99 Å². The van der Waals surface area contributed by atoms with Gasteiger partial charge in [0.05, 0.1) is 18.3 Å². The molecule has 5 nitrogen and oxygen atoms in total. The molecule has 1 aromatic rings. The van der Waals surface area contributed by atoms with Gasteiger partial charge in [-0.05, 0) is 19.4 Å². The van der Waals surface area contributed by atoms with Gasteiger partial charge in [-0.1, -0.05) is 30.3 Å². The van der Waals surface area contributed by atoms with Crippen LogP contribution in [0.25, 0.3) is 0 Å². The summed E-state index contributed by atoms with van der Waals surface area (Å²) in [5, 5.41) is 6.38. The van der Waals surface area contributed by atoms with Gasteiger partial charge in [-0.2, -0.15) is 0 Å². The molecular formula is C14H24IN3O2S. The minimum atomic E-state index is -2.98. The van der Waals surface area contributed by atoms with Crippen LogP contribution in [0.3, 0.4) is 0 Å². The van der Waals surface area contributed by atoms with Crippen molar-refractivity contribution in [2.45, 2.75) is 19.9 Å². The third kappa shape index (κ3) is 8.92. The van der Waals surface area contributed by atoms with Crippen molar-refractivity contribution in [3.05, 3.63) is 35.9 Å². The Kier molecular flexibility index (Phi) is 9.60. The molecule has 0 aliphatic heterocycles. The zero-order valence-corrected chi connectivity index (χ0v) is 15.8. The Morgan fingerprint density at radius 1 is 1.29 bits per heavy atom. The van der Waals surface area contributed by atoms with E-state index in [1.165, 1.54) is 6.26 Å². The maximum atomic E-state index is 11.1. The highest BCUT2D eigenvalue weighted by Crippen LogP contribution is 2.10. The SMILES string of the molecule is CCNC(=NCCS(C)(=O)=O)NC(C)c1ccccc1.I. The number of rotatable bonds is 6. The summed E-state index contributed by atoms with van der Waals surface area (Å²) in [4.78, 5) is 4.28. The predicted molar refractivity (Wildman–Crippen MR) is 99.1 cm³/mol. The van der Waals surface area contributed by atoms with E-state index in [0.717, 1.165) is 12.1 Å². The average molecular weight is 425 g/mol. The quantitative estimate of drug-likeness (QED) is 0.416. The van der Waals surface area contributed by atoms with E-state index >= 15 is 0 Å². The number of aliphatic imine (C=N–C) groups is 1. The Labute approximate surface area is 144 Å². The lowest BCUT2D eigenvalue weighted by atomic mass is 10.1. The zero-order chi connectivity index (χ0) is 15.0. The van der Waals surface area contributed by atoms with E-state index < -0.39 is 9.84 Å². The highest BCUT2D eigenvalue weighted by atomic mass is 127. The Morgan fingerprint density at radius 3 is 2.43 bits per heavy atom. The normalized spacial score (nSPS) is 13.2. The Hall–Kier alpha value is -0.830. The first-order valence-corrected chi connectivity index (χ1v) is 8.76. The average Bonchev–Trinajstić information content (AvgIpc) is 2.38. The van der Waals surface area contributed by atoms with Crippen LogP contribution in [-0.4, -0.2) is 39.5 Å². The van der Waals surface area contributed by atoms with Gasteiger partial charge in [0, 0.05) is 12.8 Å². The van der Waals surface area contributed by atoms with Gasteiger partial charge in [0.1, 0.15) is 9.84 Å². The molecule has 0 aromatic heterocycles. The van der Waals surface area contributed by atoms with Crippen molar-refractivity contribution < 1.29 is 8.42 Å². The van der Waals surface area contributed by atoms with Crippen LogP contribution in [0, 0.1) is 0 Å². The number of sulfone groups is 1. The largest absolute Gasteiger partial charge is 0.357 e. The second-order valence-electron chi connectivity index (χ2n) is 4.67. The standard InChI is InChI=1S/C14H23N3O2S.HI/c1-4-15-14(16-10-11-20(3,18)19)17-12(2)13-8-6-5-7-9-13;/h5-9,12H,4,10-11H2,1-3H3,(H2,15,16,17);1H. The number of hydrogen-bond acceptors (Lipinski definition) is 3. The fraction of sp³-hybridized carbons (Fsp3) is 0.500. The number of halogens is 1. The van der Waals surface area contributed by atoms with E-state index in [4.69, 9.17) is 0 Å². The Balaban J connectivity index is 0.00000400. The van der Waals surface area contributed by atoms with Crippen LogP contribution in [0.1, 0.15) is 25.5 Å². The molecule has 0 saturated carbocycles. The van der Waals surface area contributed by atoms with Gasteiger partial charge in [0.2, 0.25) is 0 Å². The molecule has 0 fully saturated rings. The molecule has 1 aromatic carbocycles. The topological polar surface area (TPSA) is 70.6 Å². The van der Waals surface area contributed by atoms with Crippen LogP contribution in [0.4, 0.5) is 0 Å². The number of guanidine groups is 1. The lowest BCUT2D eigenvalue weighted by Crippen LogP contribution is -2.39. The summed E-state index contributed by atoms with van der Waals surface area (Å²) in [6, 6.07) is 10.1. The van der Waals surface area contributed by atoms with E-state index in [9.17, 15) is 8.42 Å². The van der Waals surface area contributed by atoms with E-state index in [1.807, 2.05) is 44.2 Å². The number of benzene rings is 1. The van der Waals surface area contributed by atoms with E-state index in [2.05, 4.69) is 15.6 Å². The molecule has 0 heterocycles. The number of nitrogens with zero attached hydrogens (tertiary/aromatic N) is 1. The molecule has 21 heavy (non-hydrogen) atoms. The fourth-order valence-electron chi connectivity index (χ4n) is 1.67. The maximum absolute atomic E-state index is 11.1. The highest BCUT2D eigenvalue weighted by Gasteiger charge is 2.07. The Bertz CT molecular complexity index is 532. The van der Waals surface area contributed by atoms with Gasteiger partial charge < -0.3 is 10.6 Å². The minimum absolute atomic E-state index is 0. The molecule has 1 rings (SSSR count). The van der Waals surface area contributed by atoms with Crippen LogP contribution < -0.4 is 10.6 Å². The molecule has 120 valence electrons. The van der Waals surface area contributed by atoms with Crippen molar-refractivity contribution in [3.63, 3.8) is 0 Å². The van der Waals surface area contributed by atoms with Crippen molar-refractivity contribution in [1.82, 2.24) is 10.6 Å². The van der Waals surface area contributed by atoms with Crippen molar-refractivity contribution >= 4 is 39.8 Å². The smallest absolute Gasteiger partial charge is 0.191 e. The third-order valence-corrected chi connectivity index (χ3v) is 3.65. The summed E-state index contributed by atoms with van der Waals surface area (Å²) in [5.74, 6) is 0.691. The van der Waals surface area contributed by atoms with Crippen molar-refractivity contribution in [3.8, 4) is 0 Å². The van der Waals surface area contributed by atoms with Crippen LogP contribution >= 0.6 is 24.0 Å². The first-order valence-electron chi connectivity index (χ1n) is 6.70. The molecule has 0 radical (unpaired) electrons. The molecule has 0 amide bonds. The van der Waals surface area contributed by atoms with Crippen LogP contribution in [0.5, 0.6) is 0 Å². The van der Waals surface area contributed by atoms with E-state index in [0.29, 0.717) is 5.96 Å². The maximum Gasteiger partial charge on any atom is 0.191 e. The molecule has 2 N–H and O–H groups in total. The summed E-state index contributed by atoms with van der Waals surface area (Å²) < 4.78 is 22.2. The summed E-state index contributed by atoms with van der Waals surface area (Å²) in [6.45, 7) is 5.00. The van der Waals surface area contributed by atoms with Crippen LogP contribution in [0.15, 0.2) is 35.3 Å². The van der Waals surface area contributed by atoms with Crippen LogP contribution in [-0.2, 0) is 9.84 Å². The lowest BCUT2D eigenvalue weighted by Gasteiger charge is -2.18. The van der Waals surface area contributed by atoms with Gasteiger partial charge in [0.15, 0.2) is 5.96 Å². The zero-order valence-electron chi connectivity index (χ0n) is 12.7. The van der Waals surface area contributed by atoms with Crippen molar-refractivity contribution in [2.75, 3.05) is 25.1 Å². The van der Waals surface area contributed by atoms with Gasteiger partial charge in [0.25, 0.3) is 0 Å². The monoisotopic (exact) mass is 425 g/mol. The summed E-state index contributed by atoms with van der Waals surface area (Å²) >= 11 is 0. The van der Waals surface area contributed by atoms with Crippen molar-refractivity contribution in [1.29, 1.82) is 0 Å². The first kappa shape index (κ1) is 20.2. The minimum Gasteiger partial charge on any atom is -0.357 e. The van der Waals surface area contributed by atoms with E-state index in [-0.39, 0.29) is 42.3 Å². The molecule has 0 aliphatic carbocycles. The summed E-state index contributed by atoms with van der Waals surface area (Å²) in [7, 11) is -2.98. The number of hydrogen-bond donors (Lipinski definition) is 2. The third-order valence-electron chi connectivity index (χ3n) is 2.73. The van der Waals surface area contributed by atoms with Gasteiger partial charge in [-0.3, -0.25) is 4.99 Å². The molecule has 0 saturated heterocycles. The van der Waals surface area contributed by atoms with Gasteiger partial charge in [-0.15, -0.1) is 24.0 Å². The highest BCUT2D eigenvalue weighted by molar-refractivity contribution is 14.0. The van der Waals surface area contributed by atoms with Gasteiger partial charge in [-0.25, -0.2) is 8.42 Å². The van der Waals surface area contributed by atoms with Gasteiger partial charge >= 0.3 is 0 Å². The first-order chi connectivity index (χ1) is 9.42. The summed E-state index contributed by atoms with van der Waals surface area (Å²) in [5.41, 5.74) is 1.15. The second-order valence-corrected chi connectivity index (χ2v) is 6.93. The molecule has 0 bridgehead atoms.